The standard InChI is InChI=1S/C15H26N2O3S/c1-5-10-16-12-13-8-9-15(14(11-13)20-4)21(18,19)17(6-2)7-3/h8-9,11,16H,5-7,10,12H2,1-4H3. The van der Waals surface area contributed by atoms with Gasteiger partial charge in [-0.1, -0.05) is 26.8 Å². The molecule has 0 aliphatic heterocycles. The quantitative estimate of drug-likeness (QED) is 0.710. The molecule has 21 heavy (non-hydrogen) atoms. The zero-order valence-corrected chi connectivity index (χ0v) is 14.2. The third-order valence-electron chi connectivity index (χ3n) is 3.31. The molecule has 6 heteroatoms. The number of rotatable bonds is 9. The van der Waals surface area contributed by atoms with Crippen LogP contribution in [0.3, 0.4) is 0 Å². The Hall–Kier alpha value is -1.11. The molecule has 0 unspecified atom stereocenters. The van der Waals surface area contributed by atoms with E-state index in [0.717, 1.165) is 18.5 Å². The van der Waals surface area contributed by atoms with Crippen LogP contribution in [0.4, 0.5) is 0 Å². The second kappa shape index (κ2) is 8.36. The fourth-order valence-corrected chi connectivity index (χ4v) is 3.74. The summed E-state index contributed by atoms with van der Waals surface area (Å²) >= 11 is 0. The first kappa shape index (κ1) is 17.9. The molecule has 0 saturated carbocycles. The van der Waals surface area contributed by atoms with Gasteiger partial charge in [0.2, 0.25) is 10.0 Å². The second-order valence-corrected chi connectivity index (χ2v) is 6.66. The summed E-state index contributed by atoms with van der Waals surface area (Å²) in [5, 5.41) is 3.29. The van der Waals surface area contributed by atoms with Gasteiger partial charge in [-0.25, -0.2) is 8.42 Å². The molecule has 0 radical (unpaired) electrons. The lowest BCUT2D eigenvalue weighted by atomic mass is 10.2. The lowest BCUT2D eigenvalue weighted by Crippen LogP contribution is -2.31. The molecule has 1 aromatic carbocycles. The molecular formula is C15H26N2O3S. The van der Waals surface area contributed by atoms with Crippen molar-refractivity contribution >= 4 is 10.0 Å². The van der Waals surface area contributed by atoms with Crippen molar-refractivity contribution in [1.82, 2.24) is 9.62 Å². The van der Waals surface area contributed by atoms with Crippen molar-refractivity contribution in [2.75, 3.05) is 26.7 Å². The Labute approximate surface area is 128 Å². The number of sulfonamides is 1. The molecule has 0 aliphatic carbocycles. The van der Waals surface area contributed by atoms with Crippen LogP contribution in [-0.2, 0) is 16.6 Å². The molecule has 0 spiro atoms. The highest BCUT2D eigenvalue weighted by atomic mass is 32.2. The van der Waals surface area contributed by atoms with Crippen molar-refractivity contribution in [3.63, 3.8) is 0 Å². The van der Waals surface area contributed by atoms with Gasteiger partial charge in [-0.05, 0) is 30.7 Å². The molecule has 0 amide bonds. The maximum atomic E-state index is 12.6. The Bertz CT molecular complexity index is 540. The van der Waals surface area contributed by atoms with Crippen LogP contribution in [0.15, 0.2) is 23.1 Å². The first-order valence-electron chi connectivity index (χ1n) is 7.38. The number of methoxy groups -OCH3 is 1. The van der Waals surface area contributed by atoms with E-state index in [2.05, 4.69) is 12.2 Å². The van der Waals surface area contributed by atoms with Crippen LogP contribution in [0.2, 0.25) is 0 Å². The van der Waals surface area contributed by atoms with E-state index in [9.17, 15) is 8.42 Å². The molecular weight excluding hydrogens is 288 g/mol. The normalized spacial score (nSPS) is 11.9. The Kier molecular flexibility index (Phi) is 7.14. The van der Waals surface area contributed by atoms with Gasteiger partial charge in [0.05, 0.1) is 7.11 Å². The number of benzene rings is 1. The minimum Gasteiger partial charge on any atom is -0.495 e. The van der Waals surface area contributed by atoms with E-state index in [-0.39, 0.29) is 4.90 Å². The van der Waals surface area contributed by atoms with Gasteiger partial charge in [0.25, 0.3) is 0 Å². The summed E-state index contributed by atoms with van der Waals surface area (Å²) in [6.07, 6.45) is 1.06. The molecule has 0 aliphatic rings. The predicted octanol–water partition coefficient (Wildman–Crippen LogP) is 2.23. The molecule has 120 valence electrons. The first-order chi connectivity index (χ1) is 10.0. The van der Waals surface area contributed by atoms with E-state index >= 15 is 0 Å². The monoisotopic (exact) mass is 314 g/mol. The fourth-order valence-electron chi connectivity index (χ4n) is 2.15. The summed E-state index contributed by atoms with van der Waals surface area (Å²) < 4.78 is 31.9. The van der Waals surface area contributed by atoms with Crippen molar-refractivity contribution in [3.05, 3.63) is 23.8 Å². The van der Waals surface area contributed by atoms with E-state index < -0.39 is 10.0 Å². The van der Waals surface area contributed by atoms with E-state index in [1.54, 1.807) is 12.1 Å². The summed E-state index contributed by atoms with van der Waals surface area (Å²) in [6.45, 7) is 8.29. The maximum Gasteiger partial charge on any atom is 0.246 e. The van der Waals surface area contributed by atoms with Crippen molar-refractivity contribution in [3.8, 4) is 5.75 Å². The van der Waals surface area contributed by atoms with Crippen LogP contribution in [-0.4, -0.2) is 39.5 Å². The zero-order valence-electron chi connectivity index (χ0n) is 13.3. The van der Waals surface area contributed by atoms with Crippen LogP contribution in [0.5, 0.6) is 5.75 Å². The van der Waals surface area contributed by atoms with Crippen LogP contribution in [0.1, 0.15) is 32.8 Å². The SMILES string of the molecule is CCCNCc1ccc(S(=O)(=O)N(CC)CC)c(OC)c1. The van der Waals surface area contributed by atoms with Crippen LogP contribution in [0.25, 0.3) is 0 Å². The highest BCUT2D eigenvalue weighted by Crippen LogP contribution is 2.27. The summed E-state index contributed by atoms with van der Waals surface area (Å²) in [4.78, 5) is 0.230. The summed E-state index contributed by atoms with van der Waals surface area (Å²) in [6, 6.07) is 5.26. The van der Waals surface area contributed by atoms with Gasteiger partial charge in [-0.2, -0.15) is 4.31 Å². The van der Waals surface area contributed by atoms with Crippen LogP contribution >= 0.6 is 0 Å². The predicted molar refractivity (Wildman–Crippen MR) is 85.1 cm³/mol. The Morgan fingerprint density at radius 1 is 1.19 bits per heavy atom. The molecule has 1 rings (SSSR count). The minimum absolute atomic E-state index is 0.230. The third kappa shape index (κ3) is 4.43. The number of nitrogens with one attached hydrogen (secondary N) is 1. The summed E-state index contributed by atoms with van der Waals surface area (Å²) in [5.74, 6) is 0.401. The van der Waals surface area contributed by atoms with Gasteiger partial charge in [0.1, 0.15) is 10.6 Å². The molecule has 0 aromatic heterocycles. The Morgan fingerprint density at radius 3 is 2.38 bits per heavy atom. The van der Waals surface area contributed by atoms with Gasteiger partial charge in [0, 0.05) is 19.6 Å². The minimum atomic E-state index is -3.50. The van der Waals surface area contributed by atoms with E-state index in [4.69, 9.17) is 4.74 Å². The van der Waals surface area contributed by atoms with E-state index in [0.29, 0.717) is 25.4 Å². The molecule has 0 atom stereocenters. The number of nitrogens with zero attached hydrogens (tertiary/aromatic N) is 1. The van der Waals surface area contributed by atoms with Gasteiger partial charge < -0.3 is 10.1 Å². The third-order valence-corrected chi connectivity index (χ3v) is 5.40. The number of hydrogen-bond donors (Lipinski definition) is 1. The second-order valence-electron chi connectivity index (χ2n) is 4.75. The van der Waals surface area contributed by atoms with Crippen molar-refractivity contribution in [2.45, 2.75) is 38.6 Å². The van der Waals surface area contributed by atoms with Gasteiger partial charge in [-0.15, -0.1) is 0 Å². The van der Waals surface area contributed by atoms with Crippen molar-refractivity contribution in [1.29, 1.82) is 0 Å². The zero-order chi connectivity index (χ0) is 15.9. The molecule has 0 heterocycles. The van der Waals surface area contributed by atoms with Gasteiger partial charge in [0.15, 0.2) is 0 Å². The number of hydrogen-bond acceptors (Lipinski definition) is 4. The Balaban J connectivity index is 3.08. The lowest BCUT2D eigenvalue weighted by molar-refractivity contribution is 0.394. The average molecular weight is 314 g/mol. The fraction of sp³-hybridized carbons (Fsp3) is 0.600. The molecule has 0 saturated heterocycles. The largest absolute Gasteiger partial charge is 0.495 e. The average Bonchev–Trinajstić information content (AvgIpc) is 2.48. The molecule has 0 fully saturated rings. The highest BCUT2D eigenvalue weighted by molar-refractivity contribution is 7.89. The lowest BCUT2D eigenvalue weighted by Gasteiger charge is -2.20. The molecule has 1 N–H and O–H groups in total. The smallest absolute Gasteiger partial charge is 0.246 e. The van der Waals surface area contributed by atoms with Crippen molar-refractivity contribution < 1.29 is 13.2 Å². The molecule has 1 aromatic rings. The molecule has 0 bridgehead atoms. The van der Waals surface area contributed by atoms with Crippen LogP contribution < -0.4 is 10.1 Å². The topological polar surface area (TPSA) is 58.6 Å². The van der Waals surface area contributed by atoms with Crippen molar-refractivity contribution in [2.24, 2.45) is 0 Å². The maximum absolute atomic E-state index is 12.6. The summed E-state index contributed by atoms with van der Waals surface area (Å²) in [7, 11) is -2.00. The molecule has 5 nitrogen and oxygen atoms in total. The van der Waals surface area contributed by atoms with E-state index in [1.165, 1.54) is 11.4 Å². The van der Waals surface area contributed by atoms with Gasteiger partial charge >= 0.3 is 0 Å². The Morgan fingerprint density at radius 2 is 1.86 bits per heavy atom. The summed E-state index contributed by atoms with van der Waals surface area (Å²) in [5.41, 5.74) is 1.01. The number of ether oxygens (including phenoxy) is 1. The highest BCUT2D eigenvalue weighted by Gasteiger charge is 2.25. The van der Waals surface area contributed by atoms with E-state index in [1.807, 2.05) is 19.9 Å². The first-order valence-corrected chi connectivity index (χ1v) is 8.82. The van der Waals surface area contributed by atoms with Gasteiger partial charge in [-0.3, -0.25) is 0 Å². The van der Waals surface area contributed by atoms with Crippen LogP contribution in [0, 0.1) is 0 Å².